The standard InChI is InChI=1S/C23H35N5OS/c1-5-22-27-20(16-30-22)15-28-10-8-18(9-11-28)13-25-23(24-3)26-14-19-7-6-17(2)12-21(19)29-4/h6-7,12,16,18H,5,8-11,13-15H2,1-4H3,(H2,24,25,26). The minimum absolute atomic E-state index is 0.676. The molecule has 0 aliphatic carbocycles. The zero-order valence-electron chi connectivity index (χ0n) is 18.7. The van der Waals surface area contributed by atoms with Crippen LogP contribution < -0.4 is 15.4 Å². The fourth-order valence-corrected chi connectivity index (χ4v) is 4.54. The Morgan fingerprint density at radius 2 is 2.10 bits per heavy atom. The summed E-state index contributed by atoms with van der Waals surface area (Å²) in [6, 6.07) is 6.28. The van der Waals surface area contributed by atoms with Crippen LogP contribution in [-0.4, -0.2) is 49.6 Å². The molecule has 1 saturated heterocycles. The summed E-state index contributed by atoms with van der Waals surface area (Å²) in [5.41, 5.74) is 3.56. The van der Waals surface area contributed by atoms with Crippen molar-refractivity contribution >= 4 is 17.3 Å². The summed E-state index contributed by atoms with van der Waals surface area (Å²) in [5, 5.41) is 10.4. The van der Waals surface area contributed by atoms with Crippen LogP contribution in [0.3, 0.4) is 0 Å². The molecule has 0 saturated carbocycles. The summed E-state index contributed by atoms with van der Waals surface area (Å²) >= 11 is 1.78. The van der Waals surface area contributed by atoms with Crippen molar-refractivity contribution in [2.24, 2.45) is 10.9 Å². The van der Waals surface area contributed by atoms with Crippen molar-refractivity contribution in [2.75, 3.05) is 33.8 Å². The number of thiazole rings is 1. The third kappa shape index (κ3) is 6.44. The largest absolute Gasteiger partial charge is 0.496 e. The molecule has 1 aliphatic heterocycles. The van der Waals surface area contributed by atoms with E-state index in [4.69, 9.17) is 9.72 Å². The monoisotopic (exact) mass is 429 g/mol. The Labute approximate surface area is 184 Å². The van der Waals surface area contributed by atoms with E-state index in [0.717, 1.165) is 49.9 Å². The van der Waals surface area contributed by atoms with Gasteiger partial charge in [0.1, 0.15) is 5.75 Å². The van der Waals surface area contributed by atoms with Gasteiger partial charge in [-0.25, -0.2) is 4.98 Å². The Kier molecular flexibility index (Phi) is 8.51. The highest BCUT2D eigenvalue weighted by molar-refractivity contribution is 7.09. The molecule has 0 amide bonds. The second-order valence-electron chi connectivity index (χ2n) is 7.93. The van der Waals surface area contributed by atoms with E-state index < -0.39 is 0 Å². The molecule has 0 radical (unpaired) electrons. The molecule has 2 heterocycles. The Bertz CT molecular complexity index is 827. The smallest absolute Gasteiger partial charge is 0.191 e. The minimum atomic E-state index is 0.676. The first-order valence-corrected chi connectivity index (χ1v) is 11.7. The van der Waals surface area contributed by atoms with Crippen LogP contribution in [-0.2, 0) is 19.5 Å². The van der Waals surface area contributed by atoms with Crippen LogP contribution in [0.5, 0.6) is 5.75 Å². The number of rotatable bonds is 8. The van der Waals surface area contributed by atoms with Crippen LogP contribution in [0.2, 0.25) is 0 Å². The van der Waals surface area contributed by atoms with E-state index in [1.807, 2.05) is 7.05 Å². The van der Waals surface area contributed by atoms with Gasteiger partial charge in [0.15, 0.2) is 5.96 Å². The van der Waals surface area contributed by atoms with E-state index in [-0.39, 0.29) is 0 Å². The van der Waals surface area contributed by atoms with Crippen molar-refractivity contribution in [2.45, 2.75) is 46.2 Å². The van der Waals surface area contributed by atoms with Crippen LogP contribution in [0.1, 0.15) is 41.6 Å². The lowest BCUT2D eigenvalue weighted by molar-refractivity contribution is 0.176. The lowest BCUT2D eigenvalue weighted by Crippen LogP contribution is -2.42. The van der Waals surface area contributed by atoms with Gasteiger partial charge >= 0.3 is 0 Å². The van der Waals surface area contributed by atoms with Crippen molar-refractivity contribution in [1.82, 2.24) is 20.5 Å². The van der Waals surface area contributed by atoms with Crippen LogP contribution in [0.25, 0.3) is 0 Å². The summed E-state index contributed by atoms with van der Waals surface area (Å²) in [6.45, 7) is 9.14. The zero-order chi connectivity index (χ0) is 21.3. The van der Waals surface area contributed by atoms with Crippen LogP contribution in [0.15, 0.2) is 28.6 Å². The van der Waals surface area contributed by atoms with Gasteiger partial charge < -0.3 is 15.4 Å². The number of aryl methyl sites for hydroxylation is 2. The fraction of sp³-hybridized carbons (Fsp3) is 0.565. The van der Waals surface area contributed by atoms with Crippen LogP contribution >= 0.6 is 11.3 Å². The molecule has 0 atom stereocenters. The van der Waals surface area contributed by atoms with Crippen molar-refractivity contribution in [3.8, 4) is 5.75 Å². The number of hydrogen-bond acceptors (Lipinski definition) is 5. The molecular weight excluding hydrogens is 394 g/mol. The number of likely N-dealkylation sites (tertiary alicyclic amines) is 1. The lowest BCUT2D eigenvalue weighted by atomic mass is 9.97. The predicted octanol–water partition coefficient (Wildman–Crippen LogP) is 3.60. The number of guanidine groups is 1. The van der Waals surface area contributed by atoms with E-state index in [0.29, 0.717) is 12.5 Å². The molecule has 30 heavy (non-hydrogen) atoms. The molecule has 2 N–H and O–H groups in total. The number of nitrogens with one attached hydrogen (secondary N) is 2. The van der Waals surface area contributed by atoms with Gasteiger partial charge in [0.2, 0.25) is 0 Å². The molecule has 0 bridgehead atoms. The first-order valence-electron chi connectivity index (χ1n) is 10.8. The molecule has 0 spiro atoms. The molecule has 6 nitrogen and oxygen atoms in total. The third-order valence-corrected chi connectivity index (χ3v) is 6.71. The molecular formula is C23H35N5OS. The Morgan fingerprint density at radius 1 is 1.30 bits per heavy atom. The summed E-state index contributed by atoms with van der Waals surface area (Å²) < 4.78 is 5.50. The third-order valence-electron chi connectivity index (χ3n) is 5.67. The second kappa shape index (κ2) is 11.3. The van der Waals surface area contributed by atoms with Gasteiger partial charge in [0.05, 0.1) is 17.8 Å². The summed E-state index contributed by atoms with van der Waals surface area (Å²) in [5.74, 6) is 2.43. The topological polar surface area (TPSA) is 61.8 Å². The number of aromatic nitrogens is 1. The van der Waals surface area contributed by atoms with Gasteiger partial charge in [-0.15, -0.1) is 11.3 Å². The van der Waals surface area contributed by atoms with E-state index in [2.05, 4.69) is 58.0 Å². The molecule has 164 valence electrons. The lowest BCUT2D eigenvalue weighted by Gasteiger charge is -2.31. The van der Waals surface area contributed by atoms with Crippen molar-refractivity contribution in [1.29, 1.82) is 0 Å². The predicted molar refractivity (Wildman–Crippen MR) is 125 cm³/mol. The van der Waals surface area contributed by atoms with E-state index in [9.17, 15) is 0 Å². The second-order valence-corrected chi connectivity index (χ2v) is 8.87. The Hall–Kier alpha value is -2.12. The maximum atomic E-state index is 5.50. The van der Waals surface area contributed by atoms with Gasteiger partial charge in [0, 0.05) is 37.6 Å². The van der Waals surface area contributed by atoms with E-state index in [1.165, 1.54) is 29.1 Å². The maximum Gasteiger partial charge on any atom is 0.191 e. The molecule has 2 aromatic rings. The Balaban J connectivity index is 1.39. The normalized spacial score (nSPS) is 15.9. The van der Waals surface area contributed by atoms with Crippen LogP contribution in [0.4, 0.5) is 0 Å². The number of nitrogens with zero attached hydrogens (tertiary/aromatic N) is 3. The molecule has 7 heteroatoms. The first-order chi connectivity index (χ1) is 14.6. The minimum Gasteiger partial charge on any atom is -0.496 e. The van der Waals surface area contributed by atoms with E-state index >= 15 is 0 Å². The van der Waals surface area contributed by atoms with Crippen molar-refractivity contribution < 1.29 is 4.74 Å². The number of aliphatic imine (C=N–C) groups is 1. The van der Waals surface area contributed by atoms with Crippen molar-refractivity contribution in [3.05, 3.63) is 45.4 Å². The molecule has 1 fully saturated rings. The highest BCUT2D eigenvalue weighted by atomic mass is 32.1. The zero-order valence-corrected chi connectivity index (χ0v) is 19.5. The number of piperidine rings is 1. The van der Waals surface area contributed by atoms with Gasteiger partial charge in [-0.3, -0.25) is 9.89 Å². The Morgan fingerprint density at radius 3 is 2.77 bits per heavy atom. The fourth-order valence-electron chi connectivity index (χ4n) is 3.80. The number of benzene rings is 1. The summed E-state index contributed by atoms with van der Waals surface area (Å²) in [7, 11) is 3.54. The van der Waals surface area contributed by atoms with E-state index in [1.54, 1.807) is 18.4 Å². The van der Waals surface area contributed by atoms with Gasteiger partial charge in [-0.2, -0.15) is 0 Å². The SMILES string of the molecule is CCc1nc(CN2CCC(CNC(=NC)NCc3ccc(C)cc3OC)CC2)cs1. The first kappa shape index (κ1) is 22.6. The highest BCUT2D eigenvalue weighted by Gasteiger charge is 2.20. The maximum absolute atomic E-state index is 5.50. The molecule has 1 aromatic carbocycles. The van der Waals surface area contributed by atoms with Gasteiger partial charge in [-0.05, 0) is 56.8 Å². The van der Waals surface area contributed by atoms with Crippen molar-refractivity contribution in [3.63, 3.8) is 0 Å². The molecule has 1 aliphatic rings. The highest BCUT2D eigenvalue weighted by Crippen LogP contribution is 2.21. The number of methoxy groups -OCH3 is 1. The summed E-state index contributed by atoms with van der Waals surface area (Å²) in [6.07, 6.45) is 3.45. The number of ether oxygens (including phenoxy) is 1. The average molecular weight is 430 g/mol. The van der Waals surface area contributed by atoms with Crippen LogP contribution in [0, 0.1) is 12.8 Å². The average Bonchev–Trinajstić information content (AvgIpc) is 3.23. The van der Waals surface area contributed by atoms with Gasteiger partial charge in [-0.1, -0.05) is 19.1 Å². The summed E-state index contributed by atoms with van der Waals surface area (Å²) in [4.78, 5) is 11.6. The van der Waals surface area contributed by atoms with Gasteiger partial charge in [0.25, 0.3) is 0 Å². The molecule has 3 rings (SSSR count). The number of hydrogen-bond donors (Lipinski definition) is 2. The molecule has 1 aromatic heterocycles. The quantitative estimate of drug-likeness (QED) is 0.496. The molecule has 0 unspecified atom stereocenters.